The van der Waals surface area contributed by atoms with Crippen molar-refractivity contribution in [3.05, 3.63) is 59.5 Å². The first-order valence-electron chi connectivity index (χ1n) is 8.74. The number of ether oxygens (including phenoxy) is 2. The number of methoxy groups -OCH3 is 2. The maximum atomic E-state index is 13.6. The van der Waals surface area contributed by atoms with E-state index in [-0.39, 0.29) is 17.3 Å². The molecule has 0 fully saturated rings. The molecule has 6 nitrogen and oxygen atoms in total. The maximum Gasteiger partial charge on any atom is 0.278 e. The van der Waals surface area contributed by atoms with Gasteiger partial charge in [0.15, 0.2) is 11.5 Å². The van der Waals surface area contributed by atoms with Crippen LogP contribution in [0.5, 0.6) is 11.5 Å². The van der Waals surface area contributed by atoms with E-state index in [0.717, 1.165) is 0 Å². The minimum atomic E-state index is -0.464. The highest BCUT2D eigenvalue weighted by Crippen LogP contribution is 2.36. The molecule has 0 saturated carbocycles. The Balaban J connectivity index is 2.14. The van der Waals surface area contributed by atoms with Crippen LogP contribution in [0.1, 0.15) is 19.4 Å². The Kier molecular flexibility index (Phi) is 5.35. The Bertz CT molecular complexity index is 969. The summed E-state index contributed by atoms with van der Waals surface area (Å²) in [5.41, 5.74) is 1.17. The van der Waals surface area contributed by atoms with Crippen molar-refractivity contribution in [3.63, 3.8) is 0 Å². The number of hydrogen-bond acceptors (Lipinski definition) is 5. The van der Waals surface area contributed by atoms with Crippen LogP contribution in [0.4, 0.5) is 10.1 Å². The predicted octanol–water partition coefficient (Wildman–Crippen LogP) is 3.44. The number of nitrogens with zero attached hydrogens (tertiary/aromatic N) is 1. The molecule has 1 aliphatic heterocycles. The summed E-state index contributed by atoms with van der Waals surface area (Å²) in [5.74, 6) is -0.402. The summed E-state index contributed by atoms with van der Waals surface area (Å²) in [6.07, 6.45) is 0. The minimum Gasteiger partial charge on any atom is -0.493 e. The van der Waals surface area contributed by atoms with Gasteiger partial charge in [0.1, 0.15) is 11.5 Å². The zero-order valence-corrected chi connectivity index (χ0v) is 16.1. The van der Waals surface area contributed by atoms with E-state index in [9.17, 15) is 14.0 Å². The average molecular weight is 384 g/mol. The molecule has 0 spiro atoms. The van der Waals surface area contributed by atoms with Crippen molar-refractivity contribution in [1.29, 1.82) is 0 Å². The third-order valence-corrected chi connectivity index (χ3v) is 4.40. The molecule has 3 rings (SSSR count). The molecule has 7 heteroatoms. The van der Waals surface area contributed by atoms with Crippen LogP contribution in [-0.2, 0) is 9.59 Å². The molecule has 0 atom stereocenters. The minimum absolute atomic E-state index is 0.0940. The molecule has 0 aromatic heterocycles. The summed E-state index contributed by atoms with van der Waals surface area (Å²) in [6.45, 7) is 3.51. The van der Waals surface area contributed by atoms with E-state index >= 15 is 0 Å². The second-order valence-electron chi connectivity index (χ2n) is 6.53. The van der Waals surface area contributed by atoms with Crippen molar-refractivity contribution >= 4 is 23.1 Å². The van der Waals surface area contributed by atoms with Gasteiger partial charge in [0.25, 0.3) is 11.8 Å². The maximum absolute atomic E-state index is 13.6. The Labute approximate surface area is 162 Å². The van der Waals surface area contributed by atoms with Gasteiger partial charge < -0.3 is 14.8 Å². The van der Waals surface area contributed by atoms with Gasteiger partial charge in [-0.05, 0) is 49.7 Å². The molecule has 2 aromatic carbocycles. The monoisotopic (exact) mass is 384 g/mol. The summed E-state index contributed by atoms with van der Waals surface area (Å²) in [4.78, 5) is 27.2. The highest BCUT2D eigenvalue weighted by Gasteiger charge is 2.40. The first-order valence-corrected chi connectivity index (χ1v) is 8.74. The third kappa shape index (κ3) is 3.43. The standard InChI is InChI=1S/C21H21FN2O4/c1-12(2)24-20(25)18(13-8-9-16(27-3)17(10-13)28-4)19(21(24)26)23-15-7-5-6-14(22)11-15/h5-12,23H,1-4H3. The number of amides is 2. The number of halogens is 1. The van der Waals surface area contributed by atoms with Crippen molar-refractivity contribution in [2.24, 2.45) is 0 Å². The molecule has 2 amide bonds. The topological polar surface area (TPSA) is 67.9 Å². The van der Waals surface area contributed by atoms with Gasteiger partial charge in [0, 0.05) is 11.7 Å². The zero-order chi connectivity index (χ0) is 20.4. The second-order valence-corrected chi connectivity index (χ2v) is 6.53. The third-order valence-electron chi connectivity index (χ3n) is 4.40. The quantitative estimate of drug-likeness (QED) is 0.773. The number of anilines is 1. The van der Waals surface area contributed by atoms with Crippen LogP contribution in [0.15, 0.2) is 48.2 Å². The van der Waals surface area contributed by atoms with Gasteiger partial charge in [-0.15, -0.1) is 0 Å². The highest BCUT2D eigenvalue weighted by molar-refractivity contribution is 6.36. The number of imide groups is 1. The molecule has 1 N–H and O–H groups in total. The van der Waals surface area contributed by atoms with Crippen LogP contribution in [0.25, 0.3) is 5.57 Å². The second kappa shape index (κ2) is 7.72. The van der Waals surface area contributed by atoms with E-state index in [4.69, 9.17) is 9.47 Å². The summed E-state index contributed by atoms with van der Waals surface area (Å²) < 4.78 is 24.1. The molecule has 0 radical (unpaired) electrons. The van der Waals surface area contributed by atoms with Crippen molar-refractivity contribution in [2.75, 3.05) is 19.5 Å². The van der Waals surface area contributed by atoms with E-state index in [1.54, 1.807) is 38.1 Å². The Morgan fingerprint density at radius 1 is 0.964 bits per heavy atom. The van der Waals surface area contributed by atoms with Gasteiger partial charge in [-0.1, -0.05) is 12.1 Å². The van der Waals surface area contributed by atoms with E-state index < -0.39 is 17.6 Å². The normalized spacial score (nSPS) is 14.1. The lowest BCUT2D eigenvalue weighted by atomic mass is 10.0. The highest BCUT2D eigenvalue weighted by atomic mass is 19.1. The van der Waals surface area contributed by atoms with Gasteiger partial charge >= 0.3 is 0 Å². The summed E-state index contributed by atoms with van der Waals surface area (Å²) in [5, 5.41) is 2.92. The molecule has 28 heavy (non-hydrogen) atoms. The van der Waals surface area contributed by atoms with Gasteiger partial charge in [-0.2, -0.15) is 0 Å². The fourth-order valence-electron chi connectivity index (χ4n) is 3.10. The number of nitrogens with one attached hydrogen (secondary N) is 1. The van der Waals surface area contributed by atoms with E-state index in [1.165, 1.54) is 37.3 Å². The van der Waals surface area contributed by atoms with Gasteiger partial charge in [-0.3, -0.25) is 14.5 Å². The lowest BCUT2D eigenvalue weighted by molar-refractivity contribution is -0.138. The number of carbonyl (C=O) groups is 2. The largest absolute Gasteiger partial charge is 0.493 e. The van der Waals surface area contributed by atoms with Crippen molar-refractivity contribution in [1.82, 2.24) is 4.90 Å². The Morgan fingerprint density at radius 3 is 2.29 bits per heavy atom. The first kappa shape index (κ1) is 19.4. The summed E-state index contributed by atoms with van der Waals surface area (Å²) >= 11 is 0. The molecule has 1 aliphatic rings. The fraction of sp³-hybridized carbons (Fsp3) is 0.238. The molecule has 146 valence electrons. The summed E-state index contributed by atoms with van der Waals surface area (Å²) in [6, 6.07) is 10.4. The van der Waals surface area contributed by atoms with Crippen LogP contribution in [0, 0.1) is 5.82 Å². The average Bonchev–Trinajstić information content (AvgIpc) is 2.91. The van der Waals surface area contributed by atoms with Crippen molar-refractivity contribution < 1.29 is 23.5 Å². The molecule has 1 heterocycles. The smallest absolute Gasteiger partial charge is 0.278 e. The van der Waals surface area contributed by atoms with E-state index in [2.05, 4.69) is 5.32 Å². The van der Waals surface area contributed by atoms with Crippen LogP contribution >= 0.6 is 0 Å². The first-order chi connectivity index (χ1) is 13.4. The van der Waals surface area contributed by atoms with Crippen LogP contribution in [-0.4, -0.2) is 37.0 Å². The van der Waals surface area contributed by atoms with Crippen LogP contribution < -0.4 is 14.8 Å². The van der Waals surface area contributed by atoms with E-state index in [0.29, 0.717) is 22.7 Å². The molecular weight excluding hydrogens is 363 g/mol. The fourth-order valence-corrected chi connectivity index (χ4v) is 3.10. The number of carbonyl (C=O) groups excluding carboxylic acids is 2. The molecule has 0 aliphatic carbocycles. The Hall–Kier alpha value is -3.35. The lowest BCUT2D eigenvalue weighted by Crippen LogP contribution is -2.38. The molecule has 0 bridgehead atoms. The van der Waals surface area contributed by atoms with Gasteiger partial charge in [-0.25, -0.2) is 4.39 Å². The van der Waals surface area contributed by atoms with Crippen LogP contribution in [0.3, 0.4) is 0 Å². The lowest BCUT2D eigenvalue weighted by Gasteiger charge is -2.19. The number of rotatable bonds is 6. The number of hydrogen-bond donors (Lipinski definition) is 1. The van der Waals surface area contributed by atoms with Gasteiger partial charge in [0.05, 0.1) is 19.8 Å². The molecule has 0 saturated heterocycles. The van der Waals surface area contributed by atoms with Crippen molar-refractivity contribution in [3.8, 4) is 11.5 Å². The molecule has 2 aromatic rings. The van der Waals surface area contributed by atoms with Gasteiger partial charge in [0.2, 0.25) is 0 Å². The molecular formula is C21H21FN2O4. The summed E-state index contributed by atoms with van der Waals surface area (Å²) in [7, 11) is 3.00. The van der Waals surface area contributed by atoms with E-state index in [1.807, 2.05) is 0 Å². The van der Waals surface area contributed by atoms with Crippen molar-refractivity contribution in [2.45, 2.75) is 19.9 Å². The number of benzene rings is 2. The molecule has 0 unspecified atom stereocenters. The predicted molar refractivity (Wildman–Crippen MR) is 103 cm³/mol. The van der Waals surface area contributed by atoms with Crippen LogP contribution in [0.2, 0.25) is 0 Å². The Morgan fingerprint density at radius 2 is 1.68 bits per heavy atom. The SMILES string of the molecule is COc1ccc(C2=C(Nc3cccc(F)c3)C(=O)N(C(C)C)C2=O)cc1OC. The zero-order valence-electron chi connectivity index (χ0n) is 16.1.